The largest absolute Gasteiger partial charge is 0.360 e. The summed E-state index contributed by atoms with van der Waals surface area (Å²) >= 11 is 0. The van der Waals surface area contributed by atoms with Gasteiger partial charge < -0.3 is 9.42 Å². The second kappa shape index (κ2) is 4.95. The van der Waals surface area contributed by atoms with Crippen molar-refractivity contribution in [1.82, 2.24) is 20.0 Å². The summed E-state index contributed by atoms with van der Waals surface area (Å²) < 4.78 is 5.29. The minimum absolute atomic E-state index is 0.112. The van der Waals surface area contributed by atoms with E-state index in [1.165, 1.54) is 6.33 Å². The summed E-state index contributed by atoms with van der Waals surface area (Å²) in [7, 11) is 0. The van der Waals surface area contributed by atoms with E-state index in [0.29, 0.717) is 24.5 Å². The quantitative estimate of drug-likeness (QED) is 0.801. The Bertz CT molecular complexity index is 672. The number of hydrogen-bond donors (Lipinski definition) is 0. The van der Waals surface area contributed by atoms with Gasteiger partial charge in [-0.05, 0) is 12.0 Å². The SMILES string of the molecule is CC(C)(C)c1cc(C(=O)N2CCc3cncnc3C2)no1. The van der Waals surface area contributed by atoms with Crippen molar-refractivity contribution >= 4 is 5.91 Å². The molecule has 0 spiro atoms. The van der Waals surface area contributed by atoms with Gasteiger partial charge in [0.05, 0.1) is 12.2 Å². The lowest BCUT2D eigenvalue weighted by Crippen LogP contribution is -2.36. The van der Waals surface area contributed by atoms with Gasteiger partial charge in [-0.3, -0.25) is 4.79 Å². The van der Waals surface area contributed by atoms with Crippen LogP contribution in [0.4, 0.5) is 0 Å². The Labute approximate surface area is 123 Å². The van der Waals surface area contributed by atoms with Crippen LogP contribution >= 0.6 is 0 Å². The Morgan fingerprint density at radius 1 is 1.38 bits per heavy atom. The van der Waals surface area contributed by atoms with Crippen LogP contribution in [0.15, 0.2) is 23.1 Å². The molecule has 21 heavy (non-hydrogen) atoms. The third-order valence-corrected chi connectivity index (χ3v) is 3.63. The molecule has 110 valence electrons. The first-order chi connectivity index (χ1) is 9.95. The van der Waals surface area contributed by atoms with E-state index >= 15 is 0 Å². The van der Waals surface area contributed by atoms with Crippen LogP contribution in [-0.4, -0.2) is 32.5 Å². The average Bonchev–Trinajstić information content (AvgIpc) is 2.96. The molecule has 1 aliphatic heterocycles. The number of carbonyl (C=O) groups excluding carboxylic acids is 1. The van der Waals surface area contributed by atoms with Crippen LogP contribution in [0.5, 0.6) is 0 Å². The number of amides is 1. The number of aromatic nitrogens is 3. The maximum Gasteiger partial charge on any atom is 0.276 e. The molecule has 0 saturated carbocycles. The Morgan fingerprint density at radius 2 is 2.19 bits per heavy atom. The number of carbonyl (C=O) groups is 1. The van der Waals surface area contributed by atoms with E-state index in [1.807, 2.05) is 27.0 Å². The predicted octanol–water partition coefficient (Wildman–Crippen LogP) is 1.96. The zero-order valence-electron chi connectivity index (χ0n) is 12.5. The highest BCUT2D eigenvalue weighted by molar-refractivity contribution is 5.92. The van der Waals surface area contributed by atoms with Gasteiger partial charge in [-0.15, -0.1) is 0 Å². The third kappa shape index (κ3) is 2.66. The Hall–Kier alpha value is -2.24. The molecule has 0 atom stereocenters. The van der Waals surface area contributed by atoms with Crippen molar-refractivity contribution in [3.8, 4) is 0 Å². The van der Waals surface area contributed by atoms with Gasteiger partial charge in [0.25, 0.3) is 5.91 Å². The second-order valence-corrected chi connectivity index (χ2v) is 6.30. The molecule has 0 N–H and O–H groups in total. The van der Waals surface area contributed by atoms with E-state index in [1.54, 1.807) is 11.0 Å². The number of rotatable bonds is 1. The highest BCUT2D eigenvalue weighted by Crippen LogP contribution is 2.24. The van der Waals surface area contributed by atoms with Crippen molar-refractivity contribution in [3.05, 3.63) is 41.3 Å². The summed E-state index contributed by atoms with van der Waals surface area (Å²) in [5, 5.41) is 3.91. The van der Waals surface area contributed by atoms with Crippen LogP contribution < -0.4 is 0 Å². The van der Waals surface area contributed by atoms with E-state index in [0.717, 1.165) is 17.7 Å². The maximum atomic E-state index is 12.5. The van der Waals surface area contributed by atoms with Crippen molar-refractivity contribution in [1.29, 1.82) is 0 Å². The number of fused-ring (bicyclic) bond motifs is 1. The van der Waals surface area contributed by atoms with Crippen molar-refractivity contribution < 1.29 is 9.32 Å². The fourth-order valence-corrected chi connectivity index (χ4v) is 2.32. The van der Waals surface area contributed by atoms with Gasteiger partial charge in [-0.1, -0.05) is 25.9 Å². The molecule has 3 rings (SSSR count). The number of nitrogens with zero attached hydrogens (tertiary/aromatic N) is 4. The molecular weight excluding hydrogens is 268 g/mol. The van der Waals surface area contributed by atoms with E-state index in [4.69, 9.17) is 4.52 Å². The zero-order chi connectivity index (χ0) is 15.0. The van der Waals surface area contributed by atoms with Gasteiger partial charge >= 0.3 is 0 Å². The summed E-state index contributed by atoms with van der Waals surface area (Å²) in [5.74, 6) is 0.601. The van der Waals surface area contributed by atoms with Gasteiger partial charge in [0, 0.05) is 24.2 Å². The lowest BCUT2D eigenvalue weighted by Gasteiger charge is -2.26. The van der Waals surface area contributed by atoms with Crippen LogP contribution in [0.3, 0.4) is 0 Å². The minimum atomic E-state index is -0.159. The highest BCUT2D eigenvalue weighted by Gasteiger charge is 2.27. The molecule has 0 saturated heterocycles. The normalized spacial score (nSPS) is 14.9. The molecule has 1 amide bonds. The van der Waals surface area contributed by atoms with Gasteiger partial charge in [0.15, 0.2) is 5.69 Å². The molecule has 6 heteroatoms. The monoisotopic (exact) mass is 286 g/mol. The van der Waals surface area contributed by atoms with Crippen molar-refractivity contribution in [2.24, 2.45) is 0 Å². The van der Waals surface area contributed by atoms with E-state index in [2.05, 4.69) is 15.1 Å². The summed E-state index contributed by atoms with van der Waals surface area (Å²) in [4.78, 5) is 22.5. The Kier molecular flexibility index (Phi) is 3.23. The first-order valence-electron chi connectivity index (χ1n) is 6.99. The molecule has 1 aliphatic rings. The summed E-state index contributed by atoms with van der Waals surface area (Å²) in [6.07, 6.45) is 4.10. The molecule has 2 aromatic heterocycles. The van der Waals surface area contributed by atoms with Crippen LogP contribution in [0.25, 0.3) is 0 Å². The van der Waals surface area contributed by atoms with Crippen LogP contribution in [0.1, 0.15) is 48.3 Å². The topological polar surface area (TPSA) is 72.1 Å². The lowest BCUT2D eigenvalue weighted by atomic mass is 9.93. The zero-order valence-corrected chi connectivity index (χ0v) is 12.5. The van der Waals surface area contributed by atoms with Gasteiger partial charge in [0.1, 0.15) is 12.1 Å². The van der Waals surface area contributed by atoms with Crippen LogP contribution in [-0.2, 0) is 18.4 Å². The number of hydrogen-bond acceptors (Lipinski definition) is 5. The first kappa shape index (κ1) is 13.7. The molecule has 3 heterocycles. The summed E-state index contributed by atoms with van der Waals surface area (Å²) in [5.41, 5.74) is 2.21. The molecule has 6 nitrogen and oxygen atoms in total. The smallest absolute Gasteiger partial charge is 0.276 e. The van der Waals surface area contributed by atoms with Gasteiger partial charge in [0.2, 0.25) is 0 Å². The second-order valence-electron chi connectivity index (χ2n) is 6.30. The first-order valence-corrected chi connectivity index (χ1v) is 6.99. The van der Waals surface area contributed by atoms with Gasteiger partial charge in [-0.2, -0.15) is 0 Å². The van der Waals surface area contributed by atoms with Crippen molar-refractivity contribution in [2.45, 2.75) is 39.2 Å². The van der Waals surface area contributed by atoms with Gasteiger partial charge in [-0.25, -0.2) is 9.97 Å². The van der Waals surface area contributed by atoms with E-state index < -0.39 is 0 Å². The molecule has 0 fully saturated rings. The molecular formula is C15H18N4O2. The maximum absolute atomic E-state index is 12.5. The predicted molar refractivity (Wildman–Crippen MR) is 75.7 cm³/mol. The van der Waals surface area contributed by atoms with E-state index in [9.17, 15) is 4.79 Å². The summed E-state index contributed by atoms with van der Waals surface area (Å²) in [6, 6.07) is 1.73. The van der Waals surface area contributed by atoms with Crippen molar-refractivity contribution in [3.63, 3.8) is 0 Å². The third-order valence-electron chi connectivity index (χ3n) is 3.63. The van der Waals surface area contributed by atoms with E-state index in [-0.39, 0.29) is 11.3 Å². The molecule has 0 radical (unpaired) electrons. The standard InChI is InChI=1S/C15H18N4O2/c1-15(2,3)13-6-11(18-21-13)14(20)19-5-4-10-7-16-9-17-12(10)8-19/h6-7,9H,4-5,8H2,1-3H3. The average molecular weight is 286 g/mol. The molecule has 0 aliphatic carbocycles. The lowest BCUT2D eigenvalue weighted by molar-refractivity contribution is 0.0721. The Balaban J connectivity index is 1.79. The molecule has 2 aromatic rings. The highest BCUT2D eigenvalue weighted by atomic mass is 16.5. The Morgan fingerprint density at radius 3 is 2.90 bits per heavy atom. The van der Waals surface area contributed by atoms with Crippen LogP contribution in [0.2, 0.25) is 0 Å². The summed E-state index contributed by atoms with van der Waals surface area (Å²) in [6.45, 7) is 7.22. The molecule has 0 bridgehead atoms. The molecule has 0 unspecified atom stereocenters. The van der Waals surface area contributed by atoms with Crippen LogP contribution in [0, 0.1) is 0 Å². The van der Waals surface area contributed by atoms with Crippen molar-refractivity contribution in [2.75, 3.05) is 6.54 Å². The fraction of sp³-hybridized carbons (Fsp3) is 0.467. The minimum Gasteiger partial charge on any atom is -0.360 e. The fourth-order valence-electron chi connectivity index (χ4n) is 2.32. The molecule has 0 aromatic carbocycles.